The SMILES string of the molecule is CNc1c(C)n(C)n(-c2ccccc2)c1=O.O. The van der Waals surface area contributed by atoms with Crippen molar-refractivity contribution in [2.45, 2.75) is 6.92 Å². The summed E-state index contributed by atoms with van der Waals surface area (Å²) in [5.74, 6) is 0. The first kappa shape index (κ1) is 13.1. The number of anilines is 1. The molecule has 3 N–H and O–H groups in total. The van der Waals surface area contributed by atoms with Crippen LogP contribution < -0.4 is 10.9 Å². The van der Waals surface area contributed by atoms with Crippen molar-refractivity contribution in [3.8, 4) is 5.69 Å². The first-order valence-electron chi connectivity index (χ1n) is 5.18. The Kier molecular flexibility index (Phi) is 3.75. The summed E-state index contributed by atoms with van der Waals surface area (Å²) in [4.78, 5) is 12.1. The molecule has 0 aliphatic carbocycles. The van der Waals surface area contributed by atoms with Crippen molar-refractivity contribution < 1.29 is 5.48 Å². The zero-order valence-electron chi connectivity index (χ0n) is 10.2. The predicted molar refractivity (Wildman–Crippen MR) is 68.9 cm³/mol. The normalized spacial score (nSPS) is 9.82. The highest BCUT2D eigenvalue weighted by atomic mass is 16.1. The van der Waals surface area contributed by atoms with Gasteiger partial charge in [-0.25, -0.2) is 4.68 Å². The molecular weight excluding hydrogens is 218 g/mol. The average molecular weight is 235 g/mol. The maximum Gasteiger partial charge on any atom is 0.295 e. The molecule has 0 saturated heterocycles. The Labute approximate surface area is 99.6 Å². The van der Waals surface area contributed by atoms with E-state index in [1.54, 1.807) is 11.7 Å². The highest BCUT2D eigenvalue weighted by Gasteiger charge is 2.13. The Bertz CT molecular complexity index is 555. The van der Waals surface area contributed by atoms with Gasteiger partial charge in [0.25, 0.3) is 5.56 Å². The lowest BCUT2D eigenvalue weighted by atomic mass is 10.3. The van der Waals surface area contributed by atoms with Crippen molar-refractivity contribution in [2.24, 2.45) is 7.05 Å². The van der Waals surface area contributed by atoms with Crippen molar-refractivity contribution in [1.82, 2.24) is 9.36 Å². The van der Waals surface area contributed by atoms with Gasteiger partial charge < -0.3 is 10.8 Å². The second-order valence-corrected chi connectivity index (χ2v) is 3.69. The molecule has 0 spiro atoms. The van der Waals surface area contributed by atoms with Crippen molar-refractivity contribution in [3.05, 3.63) is 46.4 Å². The van der Waals surface area contributed by atoms with Crippen LogP contribution in [0, 0.1) is 6.92 Å². The molecule has 1 aromatic carbocycles. The molecule has 1 aromatic heterocycles. The smallest absolute Gasteiger partial charge is 0.295 e. The summed E-state index contributed by atoms with van der Waals surface area (Å²) in [7, 11) is 3.64. The Morgan fingerprint density at radius 3 is 2.24 bits per heavy atom. The summed E-state index contributed by atoms with van der Waals surface area (Å²) in [5.41, 5.74) is 2.43. The van der Waals surface area contributed by atoms with Gasteiger partial charge in [-0.2, -0.15) is 0 Å². The number of rotatable bonds is 2. The van der Waals surface area contributed by atoms with Crippen molar-refractivity contribution in [1.29, 1.82) is 0 Å². The Balaban J connectivity index is 0.00000144. The number of nitrogens with zero attached hydrogens (tertiary/aromatic N) is 2. The molecule has 1 heterocycles. The van der Waals surface area contributed by atoms with Crippen molar-refractivity contribution in [2.75, 3.05) is 12.4 Å². The quantitative estimate of drug-likeness (QED) is 0.832. The largest absolute Gasteiger partial charge is 0.412 e. The van der Waals surface area contributed by atoms with Gasteiger partial charge in [0.2, 0.25) is 0 Å². The fourth-order valence-electron chi connectivity index (χ4n) is 1.86. The van der Waals surface area contributed by atoms with Gasteiger partial charge in [0.1, 0.15) is 5.69 Å². The van der Waals surface area contributed by atoms with Crippen LogP contribution in [0.2, 0.25) is 0 Å². The number of aromatic nitrogens is 2. The standard InChI is InChI=1S/C12H15N3O.H2O/c1-9-11(13-2)12(16)15(14(9)3)10-7-5-4-6-8-10;/h4-8,13H,1-3H3;1H2. The summed E-state index contributed by atoms with van der Waals surface area (Å²) in [5, 5.41) is 2.94. The van der Waals surface area contributed by atoms with E-state index >= 15 is 0 Å². The van der Waals surface area contributed by atoms with Gasteiger partial charge in [-0.15, -0.1) is 0 Å². The number of para-hydroxylation sites is 1. The van der Waals surface area contributed by atoms with E-state index in [0.29, 0.717) is 5.69 Å². The summed E-state index contributed by atoms with van der Waals surface area (Å²) in [6.45, 7) is 1.92. The molecule has 0 bridgehead atoms. The molecule has 2 rings (SSSR count). The van der Waals surface area contributed by atoms with E-state index in [1.165, 1.54) is 0 Å². The molecule has 0 atom stereocenters. The monoisotopic (exact) mass is 235 g/mol. The minimum Gasteiger partial charge on any atom is -0.412 e. The van der Waals surface area contributed by atoms with E-state index in [9.17, 15) is 4.79 Å². The topological polar surface area (TPSA) is 70.5 Å². The van der Waals surface area contributed by atoms with Crippen LogP contribution in [-0.4, -0.2) is 21.9 Å². The maximum absolute atomic E-state index is 12.1. The third kappa shape index (κ3) is 1.97. The van der Waals surface area contributed by atoms with Crippen LogP contribution in [-0.2, 0) is 7.05 Å². The van der Waals surface area contributed by atoms with E-state index in [0.717, 1.165) is 11.4 Å². The number of hydrogen-bond donors (Lipinski definition) is 1. The molecule has 92 valence electrons. The number of benzene rings is 1. The average Bonchev–Trinajstić information content (AvgIpc) is 2.51. The predicted octanol–water partition coefficient (Wildman–Crippen LogP) is 0.701. The lowest BCUT2D eigenvalue weighted by Gasteiger charge is -2.07. The second-order valence-electron chi connectivity index (χ2n) is 3.69. The maximum atomic E-state index is 12.1. The second kappa shape index (κ2) is 4.88. The van der Waals surface area contributed by atoms with Gasteiger partial charge in [0.15, 0.2) is 0 Å². The van der Waals surface area contributed by atoms with Crippen LogP contribution >= 0.6 is 0 Å². The molecule has 17 heavy (non-hydrogen) atoms. The van der Waals surface area contributed by atoms with Crippen molar-refractivity contribution >= 4 is 5.69 Å². The Morgan fingerprint density at radius 1 is 1.18 bits per heavy atom. The number of hydrogen-bond acceptors (Lipinski definition) is 2. The minimum atomic E-state index is -0.0197. The zero-order chi connectivity index (χ0) is 11.7. The van der Waals surface area contributed by atoms with Gasteiger partial charge in [0, 0.05) is 14.1 Å². The van der Waals surface area contributed by atoms with E-state index in [4.69, 9.17) is 0 Å². The molecule has 0 unspecified atom stereocenters. The minimum absolute atomic E-state index is 0. The summed E-state index contributed by atoms with van der Waals surface area (Å²) in [6.07, 6.45) is 0. The first-order valence-corrected chi connectivity index (χ1v) is 5.18. The van der Waals surface area contributed by atoms with Crippen LogP contribution in [0.1, 0.15) is 5.69 Å². The Hall–Kier alpha value is -2.01. The van der Waals surface area contributed by atoms with Crippen molar-refractivity contribution in [3.63, 3.8) is 0 Å². The molecule has 0 amide bonds. The van der Waals surface area contributed by atoms with E-state index in [1.807, 2.05) is 49.0 Å². The molecule has 5 heteroatoms. The van der Waals surface area contributed by atoms with Crippen LogP contribution in [0.3, 0.4) is 0 Å². The van der Waals surface area contributed by atoms with E-state index < -0.39 is 0 Å². The van der Waals surface area contributed by atoms with Crippen LogP contribution in [0.15, 0.2) is 35.1 Å². The number of nitrogens with one attached hydrogen (secondary N) is 1. The lowest BCUT2D eigenvalue weighted by Crippen LogP contribution is -2.20. The molecular formula is C12H17N3O2. The third-order valence-electron chi connectivity index (χ3n) is 2.80. The first-order chi connectivity index (χ1) is 7.66. The zero-order valence-corrected chi connectivity index (χ0v) is 10.2. The van der Waals surface area contributed by atoms with E-state index in [-0.39, 0.29) is 11.0 Å². The highest BCUT2D eigenvalue weighted by molar-refractivity contribution is 5.48. The molecule has 0 saturated carbocycles. The van der Waals surface area contributed by atoms with Gasteiger partial charge >= 0.3 is 0 Å². The lowest BCUT2D eigenvalue weighted by molar-refractivity contribution is 0.630. The molecule has 0 fully saturated rings. The molecule has 2 aromatic rings. The third-order valence-corrected chi connectivity index (χ3v) is 2.80. The summed E-state index contributed by atoms with van der Waals surface area (Å²) < 4.78 is 3.50. The van der Waals surface area contributed by atoms with Crippen LogP contribution in [0.4, 0.5) is 5.69 Å². The fourth-order valence-corrected chi connectivity index (χ4v) is 1.86. The molecule has 0 radical (unpaired) electrons. The van der Waals surface area contributed by atoms with Gasteiger partial charge in [0.05, 0.1) is 11.4 Å². The van der Waals surface area contributed by atoms with Gasteiger partial charge in [-0.1, -0.05) is 18.2 Å². The molecule has 0 aliphatic rings. The summed E-state index contributed by atoms with van der Waals surface area (Å²) in [6, 6.07) is 9.61. The molecule has 0 aliphatic heterocycles. The van der Waals surface area contributed by atoms with Gasteiger partial charge in [-0.05, 0) is 19.1 Å². The van der Waals surface area contributed by atoms with Crippen LogP contribution in [0.5, 0.6) is 0 Å². The van der Waals surface area contributed by atoms with Gasteiger partial charge in [-0.3, -0.25) is 9.48 Å². The fraction of sp³-hybridized carbons (Fsp3) is 0.250. The van der Waals surface area contributed by atoms with Crippen LogP contribution in [0.25, 0.3) is 5.69 Å². The Morgan fingerprint density at radius 2 is 1.76 bits per heavy atom. The highest BCUT2D eigenvalue weighted by Crippen LogP contribution is 2.12. The summed E-state index contributed by atoms with van der Waals surface area (Å²) >= 11 is 0. The molecule has 5 nitrogen and oxygen atoms in total. The van der Waals surface area contributed by atoms with E-state index in [2.05, 4.69) is 5.32 Å².